The Morgan fingerprint density at radius 3 is 1.29 bits per heavy atom. The molecule has 0 spiro atoms. The first-order chi connectivity index (χ1) is 15.1. The van der Waals surface area contributed by atoms with Crippen LogP contribution in [0.1, 0.15) is 6.42 Å². The van der Waals surface area contributed by atoms with Gasteiger partial charge >= 0.3 is 0 Å². The Bertz CT molecular complexity index is 1160. The summed E-state index contributed by atoms with van der Waals surface area (Å²) in [5.41, 5.74) is 0.0879. The van der Waals surface area contributed by atoms with Gasteiger partial charge in [0.25, 0.3) is 0 Å². The van der Waals surface area contributed by atoms with Gasteiger partial charge in [0.2, 0.25) is 0 Å². The Kier molecular flexibility index (Phi) is 5.12. The lowest BCUT2D eigenvalue weighted by atomic mass is 10.3. The van der Waals surface area contributed by atoms with Gasteiger partial charge < -0.3 is 0 Å². The monoisotopic (exact) mass is 440 g/mol. The number of sulfone groups is 1. The summed E-state index contributed by atoms with van der Waals surface area (Å²) < 4.78 is 27.1. The highest BCUT2D eigenvalue weighted by molar-refractivity contribution is 7.92. The second kappa shape index (κ2) is 7.95. The van der Waals surface area contributed by atoms with Crippen molar-refractivity contribution in [2.45, 2.75) is 22.1 Å². The van der Waals surface area contributed by atoms with E-state index in [1.54, 1.807) is 24.3 Å². The Hall–Kier alpha value is -2.95. The summed E-state index contributed by atoms with van der Waals surface area (Å²) in [6.45, 7) is 0. The Labute approximate surface area is 185 Å². The maximum absolute atomic E-state index is 13.6. The van der Waals surface area contributed by atoms with E-state index in [0.29, 0.717) is 11.3 Å². The largest absolute Gasteiger partial charge is 0.223 e. The molecule has 1 aliphatic carbocycles. The van der Waals surface area contributed by atoms with E-state index in [1.807, 2.05) is 24.3 Å². The smallest absolute Gasteiger partial charge is 0.181 e. The summed E-state index contributed by atoms with van der Waals surface area (Å²) in [7, 11) is -5.96. The molecule has 0 aliphatic heterocycles. The second-order valence-electron chi connectivity index (χ2n) is 8.14. The molecule has 4 heteroatoms. The molecule has 1 aliphatic rings. The third-order valence-corrected chi connectivity index (χ3v) is 14.4. The van der Waals surface area contributed by atoms with Gasteiger partial charge in [0, 0.05) is 0 Å². The van der Waals surface area contributed by atoms with Crippen LogP contribution in [0.2, 0.25) is 5.54 Å². The van der Waals surface area contributed by atoms with E-state index >= 15 is 0 Å². The Morgan fingerprint density at radius 1 is 0.548 bits per heavy atom. The zero-order chi connectivity index (χ0) is 21.3. The van der Waals surface area contributed by atoms with Crippen molar-refractivity contribution < 1.29 is 8.42 Å². The molecule has 4 aromatic rings. The van der Waals surface area contributed by atoms with Gasteiger partial charge in [0.1, 0.15) is 0 Å². The number of rotatable bonds is 6. The van der Waals surface area contributed by atoms with Crippen LogP contribution in [0.4, 0.5) is 0 Å². The molecular formula is C27H24O2SSi. The van der Waals surface area contributed by atoms with E-state index < -0.39 is 17.9 Å². The average molecular weight is 441 g/mol. The molecule has 31 heavy (non-hydrogen) atoms. The van der Waals surface area contributed by atoms with E-state index in [0.717, 1.165) is 0 Å². The van der Waals surface area contributed by atoms with Crippen molar-refractivity contribution in [3.05, 3.63) is 121 Å². The molecule has 4 aromatic carbocycles. The molecule has 1 fully saturated rings. The molecule has 0 heterocycles. The van der Waals surface area contributed by atoms with Crippen LogP contribution in [0.15, 0.2) is 126 Å². The lowest BCUT2D eigenvalue weighted by Crippen LogP contribution is -2.68. The van der Waals surface area contributed by atoms with Crippen LogP contribution in [0, 0.1) is 0 Å². The van der Waals surface area contributed by atoms with Crippen LogP contribution in [-0.2, 0) is 9.84 Å². The van der Waals surface area contributed by atoms with Crippen molar-refractivity contribution in [3.63, 3.8) is 0 Å². The first-order valence-corrected chi connectivity index (χ1v) is 14.2. The molecule has 0 radical (unpaired) electrons. The van der Waals surface area contributed by atoms with Gasteiger partial charge in [0.05, 0.1) is 10.1 Å². The van der Waals surface area contributed by atoms with Crippen LogP contribution < -0.4 is 15.6 Å². The number of hydrogen-bond acceptors (Lipinski definition) is 2. The summed E-state index contributed by atoms with van der Waals surface area (Å²) in [4.78, 5) is 0.430. The predicted octanol–water partition coefficient (Wildman–Crippen LogP) is 3.77. The van der Waals surface area contributed by atoms with Crippen molar-refractivity contribution in [1.29, 1.82) is 0 Å². The van der Waals surface area contributed by atoms with Gasteiger partial charge in [-0.15, -0.1) is 0 Å². The fourth-order valence-electron chi connectivity index (χ4n) is 5.00. The summed E-state index contributed by atoms with van der Waals surface area (Å²) >= 11 is 0. The van der Waals surface area contributed by atoms with Crippen molar-refractivity contribution in [1.82, 2.24) is 0 Å². The maximum atomic E-state index is 13.6. The van der Waals surface area contributed by atoms with Gasteiger partial charge in [-0.3, -0.25) is 0 Å². The zero-order valence-corrected chi connectivity index (χ0v) is 19.0. The van der Waals surface area contributed by atoms with Crippen LogP contribution in [0.5, 0.6) is 0 Å². The normalized spacial score (nSPS) is 18.5. The molecule has 0 saturated heterocycles. The third-order valence-electron chi connectivity index (χ3n) is 6.45. The molecule has 0 aromatic heterocycles. The molecule has 0 unspecified atom stereocenters. The molecule has 1 saturated carbocycles. The lowest BCUT2D eigenvalue weighted by Gasteiger charge is -2.34. The quantitative estimate of drug-likeness (QED) is 0.338. The fraction of sp³-hybridized carbons (Fsp3) is 0.111. The van der Waals surface area contributed by atoms with Crippen LogP contribution >= 0.6 is 0 Å². The minimum absolute atomic E-state index is 0.0879. The topological polar surface area (TPSA) is 34.1 Å². The molecule has 0 bridgehead atoms. The second-order valence-corrected chi connectivity index (χ2v) is 14.4. The summed E-state index contributed by atoms with van der Waals surface area (Å²) in [6, 6.07) is 40.6. The minimum atomic E-state index is -3.39. The van der Waals surface area contributed by atoms with E-state index in [4.69, 9.17) is 0 Å². The molecule has 0 amide bonds. The molecular weight excluding hydrogens is 416 g/mol. The molecule has 154 valence electrons. The number of hydrogen-bond donors (Lipinski definition) is 0. The molecule has 2 atom stereocenters. The molecule has 5 rings (SSSR count). The standard InChI is InChI=1S/C27H24O2SSi/c28-30(29,22-13-5-1-6-14-22)26-21-27(26)31(23-15-7-2-8-16-23,24-17-9-3-10-18-24)25-19-11-4-12-20-25/h1-20,26-27H,21H2/t26-,27-/m0/s1. The summed E-state index contributed by atoms with van der Waals surface area (Å²) in [5, 5.41) is 3.44. The first-order valence-electron chi connectivity index (χ1n) is 10.6. The van der Waals surface area contributed by atoms with Crippen molar-refractivity contribution in [2.75, 3.05) is 0 Å². The van der Waals surface area contributed by atoms with Crippen molar-refractivity contribution >= 4 is 33.5 Å². The zero-order valence-electron chi connectivity index (χ0n) is 17.1. The van der Waals surface area contributed by atoms with Gasteiger partial charge in [-0.2, -0.15) is 0 Å². The molecule has 2 nitrogen and oxygen atoms in total. The average Bonchev–Trinajstić information content (AvgIpc) is 3.65. The van der Waals surface area contributed by atoms with Crippen LogP contribution in [0.25, 0.3) is 0 Å². The minimum Gasteiger partial charge on any atom is -0.223 e. The van der Waals surface area contributed by atoms with E-state index in [-0.39, 0.29) is 10.8 Å². The van der Waals surface area contributed by atoms with Gasteiger partial charge in [-0.25, -0.2) is 8.42 Å². The van der Waals surface area contributed by atoms with E-state index in [9.17, 15) is 8.42 Å². The van der Waals surface area contributed by atoms with E-state index in [2.05, 4.69) is 72.8 Å². The summed E-state index contributed by atoms with van der Waals surface area (Å²) in [5.74, 6) is 0. The Morgan fingerprint density at radius 2 is 0.903 bits per heavy atom. The highest BCUT2D eigenvalue weighted by Gasteiger charge is 2.61. The van der Waals surface area contributed by atoms with Crippen LogP contribution in [0.3, 0.4) is 0 Å². The van der Waals surface area contributed by atoms with Crippen molar-refractivity contribution in [3.8, 4) is 0 Å². The fourth-order valence-corrected chi connectivity index (χ4v) is 13.7. The summed E-state index contributed by atoms with van der Waals surface area (Å²) in [6.07, 6.45) is 0.697. The maximum Gasteiger partial charge on any atom is 0.181 e. The number of benzene rings is 4. The predicted molar refractivity (Wildman–Crippen MR) is 130 cm³/mol. The molecule has 0 N–H and O–H groups in total. The highest BCUT2D eigenvalue weighted by Crippen LogP contribution is 2.51. The SMILES string of the molecule is O=S(=O)(c1ccccc1)[C@H]1C[C@@H]1[Si](c1ccccc1)(c1ccccc1)c1ccccc1. The Balaban J connectivity index is 1.73. The van der Waals surface area contributed by atoms with Gasteiger partial charge in [0.15, 0.2) is 17.9 Å². The van der Waals surface area contributed by atoms with Crippen molar-refractivity contribution in [2.24, 2.45) is 0 Å². The third kappa shape index (κ3) is 3.36. The lowest BCUT2D eigenvalue weighted by molar-refractivity contribution is 0.594. The van der Waals surface area contributed by atoms with Gasteiger partial charge in [-0.05, 0) is 39.7 Å². The first kappa shape index (κ1) is 20.0. The highest BCUT2D eigenvalue weighted by atomic mass is 32.2. The van der Waals surface area contributed by atoms with Crippen LogP contribution in [-0.4, -0.2) is 21.7 Å². The van der Waals surface area contributed by atoms with Gasteiger partial charge in [-0.1, -0.05) is 109 Å². The van der Waals surface area contributed by atoms with E-state index in [1.165, 1.54) is 15.6 Å².